The van der Waals surface area contributed by atoms with Gasteiger partial charge in [-0.3, -0.25) is 14.7 Å². The number of pyridine rings is 1. The molecule has 0 aliphatic carbocycles. The van der Waals surface area contributed by atoms with Crippen molar-refractivity contribution in [1.82, 2.24) is 9.88 Å². The minimum Gasteiger partial charge on any atom is -0.481 e. The van der Waals surface area contributed by atoms with Crippen molar-refractivity contribution < 1.29 is 9.90 Å². The fourth-order valence-corrected chi connectivity index (χ4v) is 4.91. The second kappa shape index (κ2) is 7.17. The van der Waals surface area contributed by atoms with Crippen molar-refractivity contribution >= 4 is 27.4 Å². The van der Waals surface area contributed by atoms with Gasteiger partial charge in [0, 0.05) is 15.8 Å². The summed E-state index contributed by atoms with van der Waals surface area (Å²) < 4.78 is 1.28. The predicted octanol–water partition coefficient (Wildman–Crippen LogP) is 4.49. The number of nitrogens with zero attached hydrogens (tertiary/aromatic N) is 2. The molecule has 1 fully saturated rings. The van der Waals surface area contributed by atoms with Crippen LogP contribution in [0, 0.1) is 12.8 Å². The number of aromatic nitrogens is 1. The van der Waals surface area contributed by atoms with Crippen LogP contribution in [0.2, 0.25) is 0 Å². The zero-order valence-corrected chi connectivity index (χ0v) is 15.6. The molecule has 0 amide bonds. The Balaban J connectivity index is 1.70. The van der Waals surface area contributed by atoms with Crippen LogP contribution in [0.25, 0.3) is 10.1 Å². The average molecular weight is 366 g/mol. The molecule has 3 aromatic rings. The smallest absolute Gasteiger partial charge is 0.306 e. The molecule has 4 nitrogen and oxygen atoms in total. The number of hydrogen-bond acceptors (Lipinski definition) is 4. The molecule has 0 spiro atoms. The number of hydrogen-bond donors (Lipinski definition) is 1. The van der Waals surface area contributed by atoms with Gasteiger partial charge < -0.3 is 5.11 Å². The van der Waals surface area contributed by atoms with Crippen molar-refractivity contribution in [3.63, 3.8) is 0 Å². The molecule has 1 unspecified atom stereocenters. The van der Waals surface area contributed by atoms with E-state index in [0.29, 0.717) is 12.8 Å². The summed E-state index contributed by atoms with van der Waals surface area (Å²) in [7, 11) is 0. The fourth-order valence-electron chi connectivity index (χ4n) is 3.70. The lowest BCUT2D eigenvalue weighted by atomic mass is 9.95. The lowest BCUT2D eigenvalue weighted by Gasteiger charge is -2.35. The molecule has 4 rings (SSSR count). The number of rotatable bonds is 4. The largest absolute Gasteiger partial charge is 0.481 e. The summed E-state index contributed by atoms with van der Waals surface area (Å²) in [6, 6.07) is 15.0. The molecule has 1 aliphatic rings. The molecule has 0 saturated carbocycles. The molecule has 1 atom stereocenters. The quantitative estimate of drug-likeness (QED) is 0.739. The van der Waals surface area contributed by atoms with E-state index in [1.54, 1.807) is 0 Å². The van der Waals surface area contributed by atoms with Gasteiger partial charge in [0.2, 0.25) is 0 Å². The van der Waals surface area contributed by atoms with Crippen LogP contribution in [0.1, 0.15) is 35.0 Å². The summed E-state index contributed by atoms with van der Waals surface area (Å²) in [6.07, 6.45) is 3.31. The van der Waals surface area contributed by atoms with Gasteiger partial charge in [-0.1, -0.05) is 24.3 Å². The highest BCUT2D eigenvalue weighted by Gasteiger charge is 2.31. The van der Waals surface area contributed by atoms with E-state index < -0.39 is 5.97 Å². The first-order chi connectivity index (χ1) is 12.6. The molecule has 2 aromatic heterocycles. The summed E-state index contributed by atoms with van der Waals surface area (Å²) in [6.45, 7) is 3.61. The van der Waals surface area contributed by atoms with E-state index in [-0.39, 0.29) is 12.0 Å². The van der Waals surface area contributed by atoms with Gasteiger partial charge in [0.15, 0.2) is 0 Å². The second-order valence-corrected chi connectivity index (χ2v) is 8.11. The first-order valence-electron chi connectivity index (χ1n) is 9.00. The first kappa shape index (κ1) is 17.2. The third kappa shape index (κ3) is 3.37. The van der Waals surface area contributed by atoms with E-state index in [4.69, 9.17) is 4.98 Å². The number of fused-ring (bicyclic) bond motifs is 1. The summed E-state index contributed by atoms with van der Waals surface area (Å²) in [5.74, 6) is -0.892. The molecule has 3 heterocycles. The minimum absolute atomic E-state index is 0.0859. The maximum Gasteiger partial charge on any atom is 0.306 e. The number of carboxylic acid groups (broad SMARTS) is 1. The number of likely N-dealkylation sites (tertiary alicyclic amines) is 1. The Labute approximate surface area is 157 Å². The second-order valence-electron chi connectivity index (χ2n) is 7.00. The van der Waals surface area contributed by atoms with Crippen LogP contribution in [-0.4, -0.2) is 34.0 Å². The molecular formula is C21H22N2O2S. The lowest BCUT2D eigenvalue weighted by Crippen LogP contribution is -2.39. The SMILES string of the molecule is Cc1ccc(C(c2cc3ccccc3s2)N2CCC(C(=O)O)CC2)nc1. The number of thiophene rings is 1. The van der Waals surface area contributed by atoms with Gasteiger partial charge >= 0.3 is 5.97 Å². The third-order valence-electron chi connectivity index (χ3n) is 5.17. The highest BCUT2D eigenvalue weighted by atomic mass is 32.1. The molecule has 0 bridgehead atoms. The minimum atomic E-state index is -0.670. The molecule has 0 radical (unpaired) electrons. The van der Waals surface area contributed by atoms with E-state index in [1.165, 1.54) is 15.0 Å². The van der Waals surface area contributed by atoms with E-state index in [9.17, 15) is 9.90 Å². The monoisotopic (exact) mass is 366 g/mol. The first-order valence-corrected chi connectivity index (χ1v) is 9.81. The lowest BCUT2D eigenvalue weighted by molar-refractivity contribution is -0.143. The Morgan fingerprint density at radius 1 is 1.23 bits per heavy atom. The van der Waals surface area contributed by atoms with Crippen molar-refractivity contribution in [1.29, 1.82) is 0 Å². The van der Waals surface area contributed by atoms with Gasteiger partial charge in [-0.2, -0.15) is 0 Å². The van der Waals surface area contributed by atoms with Gasteiger partial charge in [0.25, 0.3) is 0 Å². The van der Waals surface area contributed by atoms with Crippen molar-refractivity contribution in [3.05, 3.63) is 64.8 Å². The summed E-state index contributed by atoms with van der Waals surface area (Å²) >= 11 is 1.81. The number of carbonyl (C=O) groups is 1. The van der Waals surface area contributed by atoms with Crippen LogP contribution in [0.3, 0.4) is 0 Å². The molecule has 134 valence electrons. The van der Waals surface area contributed by atoms with Crippen LogP contribution in [0.15, 0.2) is 48.7 Å². The highest BCUT2D eigenvalue weighted by Crippen LogP contribution is 2.38. The van der Waals surface area contributed by atoms with E-state index in [0.717, 1.165) is 24.3 Å². The Kier molecular flexibility index (Phi) is 4.74. The molecule has 1 aliphatic heterocycles. The topological polar surface area (TPSA) is 53.4 Å². The van der Waals surface area contributed by atoms with E-state index in [2.05, 4.69) is 47.4 Å². The summed E-state index contributed by atoms with van der Waals surface area (Å²) in [5, 5.41) is 10.5. The van der Waals surface area contributed by atoms with Crippen molar-refractivity contribution in [3.8, 4) is 0 Å². The molecule has 26 heavy (non-hydrogen) atoms. The highest BCUT2D eigenvalue weighted by molar-refractivity contribution is 7.19. The Morgan fingerprint density at radius 3 is 2.65 bits per heavy atom. The fraction of sp³-hybridized carbons (Fsp3) is 0.333. The molecule has 5 heteroatoms. The van der Waals surface area contributed by atoms with Crippen LogP contribution in [-0.2, 0) is 4.79 Å². The van der Waals surface area contributed by atoms with Crippen LogP contribution < -0.4 is 0 Å². The number of benzene rings is 1. The average Bonchev–Trinajstić information content (AvgIpc) is 3.07. The maximum atomic E-state index is 11.3. The Hall–Kier alpha value is -2.24. The van der Waals surface area contributed by atoms with Gasteiger partial charge in [-0.05, 0) is 62.0 Å². The zero-order valence-electron chi connectivity index (χ0n) is 14.8. The van der Waals surface area contributed by atoms with Gasteiger partial charge in [-0.25, -0.2) is 0 Å². The molecular weight excluding hydrogens is 344 g/mol. The number of aryl methyl sites for hydroxylation is 1. The maximum absolute atomic E-state index is 11.3. The van der Waals surface area contributed by atoms with Crippen molar-refractivity contribution in [2.24, 2.45) is 5.92 Å². The standard InChI is InChI=1S/C21H22N2O2S/c1-14-6-7-17(22-13-14)20(23-10-8-15(9-11-23)21(24)25)19-12-16-4-2-3-5-18(16)26-19/h2-7,12-13,15,20H,8-11H2,1H3,(H,24,25). The summed E-state index contributed by atoms with van der Waals surface area (Å²) in [4.78, 5) is 19.7. The van der Waals surface area contributed by atoms with Gasteiger partial charge in [0.05, 0.1) is 17.7 Å². The number of piperidine rings is 1. The van der Waals surface area contributed by atoms with Gasteiger partial charge in [-0.15, -0.1) is 11.3 Å². The molecule has 1 aromatic carbocycles. The van der Waals surface area contributed by atoms with Crippen LogP contribution in [0.4, 0.5) is 0 Å². The van der Waals surface area contributed by atoms with E-state index >= 15 is 0 Å². The van der Waals surface area contributed by atoms with Crippen molar-refractivity contribution in [2.45, 2.75) is 25.8 Å². The van der Waals surface area contributed by atoms with Gasteiger partial charge in [0.1, 0.15) is 0 Å². The van der Waals surface area contributed by atoms with Crippen molar-refractivity contribution in [2.75, 3.05) is 13.1 Å². The summed E-state index contributed by atoms with van der Waals surface area (Å²) in [5.41, 5.74) is 2.18. The molecule has 1 N–H and O–H groups in total. The number of carboxylic acids is 1. The number of aliphatic carboxylic acids is 1. The molecule has 1 saturated heterocycles. The normalized spacial score (nSPS) is 17.4. The predicted molar refractivity (Wildman–Crippen MR) is 105 cm³/mol. The Morgan fingerprint density at radius 2 is 2.00 bits per heavy atom. The third-order valence-corrected chi connectivity index (χ3v) is 6.34. The van der Waals surface area contributed by atoms with Crippen LogP contribution >= 0.6 is 11.3 Å². The van der Waals surface area contributed by atoms with Crippen LogP contribution in [0.5, 0.6) is 0 Å². The van der Waals surface area contributed by atoms with E-state index in [1.807, 2.05) is 24.5 Å². The Bertz CT molecular complexity index is 878. The zero-order chi connectivity index (χ0) is 18.1.